The van der Waals surface area contributed by atoms with Gasteiger partial charge in [0.1, 0.15) is 17.8 Å². The molecule has 0 saturated heterocycles. The number of carbonyl (C=O) groups is 3. The Morgan fingerprint density at radius 1 is 1.48 bits per heavy atom. The summed E-state index contributed by atoms with van der Waals surface area (Å²) in [5.41, 5.74) is 5.09. The normalized spacial score (nSPS) is 14.3. The van der Waals surface area contributed by atoms with Gasteiger partial charge in [-0.05, 0) is 20.8 Å². The summed E-state index contributed by atoms with van der Waals surface area (Å²) in [4.78, 5) is 39.4. The molecule has 1 aromatic heterocycles. The molecular formula is C14H22N4O5. The minimum atomic E-state index is -1.15. The van der Waals surface area contributed by atoms with Crippen LogP contribution in [-0.2, 0) is 19.1 Å². The Hall–Kier alpha value is -2.26. The number of hydrogen-bond donors (Lipinski definition) is 2. The van der Waals surface area contributed by atoms with E-state index in [0.717, 1.165) is 0 Å². The fourth-order valence-electron chi connectivity index (χ4n) is 1.92. The molecule has 0 fully saturated rings. The lowest BCUT2D eigenvalue weighted by molar-refractivity contribution is -0.158. The standard InChI is InChI=1S/C14H22N4O5/c1-14(2,3)23-13(22)10(15)6-18(7-12(20)21)11(8-19)17-5-4-16-9-17/h4-5,8-11H,6-7,15H2,1-3H3,(H,20,21). The number of aliphatic carboxylic acids is 1. The number of aldehydes is 1. The smallest absolute Gasteiger partial charge is 0.324 e. The summed E-state index contributed by atoms with van der Waals surface area (Å²) in [6, 6.07) is -1.08. The van der Waals surface area contributed by atoms with Crippen molar-refractivity contribution in [2.45, 2.75) is 38.6 Å². The molecule has 3 N–H and O–H groups in total. The van der Waals surface area contributed by atoms with Crippen molar-refractivity contribution in [1.82, 2.24) is 14.5 Å². The minimum Gasteiger partial charge on any atom is -0.480 e. The summed E-state index contributed by atoms with van der Waals surface area (Å²) >= 11 is 0. The van der Waals surface area contributed by atoms with Crippen molar-refractivity contribution in [3.63, 3.8) is 0 Å². The Labute approximate surface area is 134 Å². The molecule has 0 aliphatic heterocycles. The first-order chi connectivity index (χ1) is 10.6. The number of ether oxygens (including phenoxy) is 1. The number of aromatic nitrogens is 2. The number of carboxylic acids is 1. The fourth-order valence-corrected chi connectivity index (χ4v) is 1.92. The second-order valence-electron chi connectivity index (χ2n) is 6.02. The lowest BCUT2D eigenvalue weighted by atomic mass is 10.2. The predicted octanol–water partition coefficient (Wildman–Crippen LogP) is -0.364. The van der Waals surface area contributed by atoms with Crippen LogP contribution in [0.3, 0.4) is 0 Å². The zero-order chi connectivity index (χ0) is 17.6. The fraction of sp³-hybridized carbons (Fsp3) is 0.571. The summed E-state index contributed by atoms with van der Waals surface area (Å²) in [5, 5.41) is 9.02. The molecule has 0 amide bonds. The van der Waals surface area contributed by atoms with Gasteiger partial charge in [-0.1, -0.05) is 0 Å². The average molecular weight is 326 g/mol. The molecule has 0 saturated carbocycles. The van der Waals surface area contributed by atoms with Gasteiger partial charge in [0.2, 0.25) is 0 Å². The molecule has 0 spiro atoms. The maximum Gasteiger partial charge on any atom is 0.324 e. The topological polar surface area (TPSA) is 128 Å². The summed E-state index contributed by atoms with van der Waals surface area (Å²) < 4.78 is 6.59. The van der Waals surface area contributed by atoms with Gasteiger partial charge in [-0.25, -0.2) is 4.98 Å². The van der Waals surface area contributed by atoms with Crippen LogP contribution in [-0.4, -0.2) is 62.5 Å². The zero-order valence-electron chi connectivity index (χ0n) is 13.4. The van der Waals surface area contributed by atoms with Crippen LogP contribution in [0.4, 0.5) is 0 Å². The van der Waals surface area contributed by atoms with Gasteiger partial charge in [0.25, 0.3) is 0 Å². The SMILES string of the molecule is CC(C)(C)OC(=O)C(N)CN(CC(=O)O)C(C=O)n1ccnc1. The summed E-state index contributed by atoms with van der Waals surface area (Å²) in [7, 11) is 0. The zero-order valence-corrected chi connectivity index (χ0v) is 13.4. The first kappa shape index (κ1) is 18.8. The van der Waals surface area contributed by atoms with Crippen LogP contribution in [0.5, 0.6) is 0 Å². The first-order valence-corrected chi connectivity index (χ1v) is 7.01. The number of nitrogens with zero attached hydrogens (tertiary/aromatic N) is 3. The van der Waals surface area contributed by atoms with E-state index in [1.54, 1.807) is 20.8 Å². The van der Waals surface area contributed by atoms with E-state index in [4.69, 9.17) is 15.6 Å². The Morgan fingerprint density at radius 3 is 2.57 bits per heavy atom. The minimum absolute atomic E-state index is 0.150. The van der Waals surface area contributed by atoms with Gasteiger partial charge < -0.3 is 20.1 Å². The number of imidazole rings is 1. The van der Waals surface area contributed by atoms with Gasteiger partial charge in [-0.3, -0.25) is 19.3 Å². The van der Waals surface area contributed by atoms with E-state index in [-0.39, 0.29) is 6.54 Å². The summed E-state index contributed by atoms with van der Waals surface area (Å²) in [5.74, 6) is -1.81. The Morgan fingerprint density at radius 2 is 2.13 bits per heavy atom. The third kappa shape index (κ3) is 6.17. The van der Waals surface area contributed by atoms with Crippen LogP contribution in [0.2, 0.25) is 0 Å². The predicted molar refractivity (Wildman–Crippen MR) is 80.4 cm³/mol. The number of carbonyl (C=O) groups excluding carboxylic acids is 2. The van der Waals surface area contributed by atoms with Gasteiger partial charge in [0, 0.05) is 18.9 Å². The number of rotatable bonds is 8. The van der Waals surface area contributed by atoms with Crippen LogP contribution in [0.25, 0.3) is 0 Å². The highest BCUT2D eigenvalue weighted by Gasteiger charge is 2.29. The van der Waals surface area contributed by atoms with Gasteiger partial charge in [-0.2, -0.15) is 0 Å². The first-order valence-electron chi connectivity index (χ1n) is 7.01. The highest BCUT2D eigenvalue weighted by Crippen LogP contribution is 2.13. The second-order valence-corrected chi connectivity index (χ2v) is 6.02. The van der Waals surface area contributed by atoms with E-state index in [9.17, 15) is 14.4 Å². The number of carboxylic acid groups (broad SMARTS) is 1. The summed E-state index contributed by atoms with van der Waals surface area (Å²) in [6.07, 6.45) is 4.00. The van der Waals surface area contributed by atoms with E-state index in [1.165, 1.54) is 28.2 Å². The van der Waals surface area contributed by atoms with Gasteiger partial charge >= 0.3 is 11.9 Å². The van der Waals surface area contributed by atoms with E-state index in [2.05, 4.69) is 4.98 Å². The molecule has 0 aliphatic rings. The van der Waals surface area contributed by atoms with E-state index in [0.29, 0.717) is 6.29 Å². The van der Waals surface area contributed by atoms with E-state index >= 15 is 0 Å². The molecule has 1 rings (SSSR count). The maximum absolute atomic E-state index is 11.9. The van der Waals surface area contributed by atoms with Crippen LogP contribution in [0.15, 0.2) is 18.7 Å². The van der Waals surface area contributed by atoms with Crippen molar-refractivity contribution in [2.24, 2.45) is 5.73 Å². The van der Waals surface area contributed by atoms with Crippen LogP contribution in [0.1, 0.15) is 26.9 Å². The monoisotopic (exact) mass is 326 g/mol. The summed E-state index contributed by atoms with van der Waals surface area (Å²) in [6.45, 7) is 4.49. The van der Waals surface area contributed by atoms with E-state index in [1.807, 2.05) is 0 Å². The molecule has 9 nitrogen and oxygen atoms in total. The highest BCUT2D eigenvalue weighted by molar-refractivity contribution is 5.76. The molecule has 1 aromatic rings. The van der Waals surface area contributed by atoms with Crippen LogP contribution < -0.4 is 5.73 Å². The third-order valence-electron chi connectivity index (χ3n) is 2.81. The van der Waals surface area contributed by atoms with Crippen molar-refractivity contribution in [3.05, 3.63) is 18.7 Å². The lowest BCUT2D eigenvalue weighted by Crippen LogP contribution is -2.49. The molecule has 0 bridgehead atoms. The third-order valence-corrected chi connectivity index (χ3v) is 2.81. The number of esters is 1. The van der Waals surface area contributed by atoms with Gasteiger partial charge in [0.15, 0.2) is 6.29 Å². The van der Waals surface area contributed by atoms with Crippen LogP contribution in [0, 0.1) is 0 Å². The molecule has 2 atom stereocenters. The van der Waals surface area contributed by atoms with Gasteiger partial charge in [-0.15, -0.1) is 0 Å². The Kier molecular flexibility index (Phi) is 6.40. The number of nitrogens with two attached hydrogens (primary N) is 1. The van der Waals surface area contributed by atoms with Crippen molar-refractivity contribution in [1.29, 1.82) is 0 Å². The highest BCUT2D eigenvalue weighted by atomic mass is 16.6. The molecule has 0 aromatic carbocycles. The van der Waals surface area contributed by atoms with Crippen LogP contribution >= 0.6 is 0 Å². The molecular weight excluding hydrogens is 304 g/mol. The van der Waals surface area contributed by atoms with Crippen molar-refractivity contribution < 1.29 is 24.2 Å². The maximum atomic E-state index is 11.9. The van der Waals surface area contributed by atoms with E-state index < -0.39 is 36.3 Å². The Balaban J connectivity index is 2.87. The molecule has 0 aliphatic carbocycles. The van der Waals surface area contributed by atoms with Crippen molar-refractivity contribution in [3.8, 4) is 0 Å². The molecule has 2 unspecified atom stereocenters. The quantitative estimate of drug-likeness (QED) is 0.489. The molecule has 23 heavy (non-hydrogen) atoms. The molecule has 9 heteroatoms. The molecule has 0 radical (unpaired) electrons. The average Bonchev–Trinajstić information content (AvgIpc) is 2.90. The Bertz CT molecular complexity index is 538. The lowest BCUT2D eigenvalue weighted by Gasteiger charge is -2.30. The van der Waals surface area contributed by atoms with Gasteiger partial charge in [0.05, 0.1) is 12.9 Å². The second kappa shape index (κ2) is 7.84. The number of hydrogen-bond acceptors (Lipinski definition) is 7. The van der Waals surface area contributed by atoms with Crippen molar-refractivity contribution in [2.75, 3.05) is 13.1 Å². The largest absolute Gasteiger partial charge is 0.480 e. The molecule has 128 valence electrons. The van der Waals surface area contributed by atoms with Crippen molar-refractivity contribution >= 4 is 18.2 Å². The molecule has 1 heterocycles.